The number of methoxy groups -OCH3 is 1. The Hall–Kier alpha value is -2.16. The van der Waals surface area contributed by atoms with E-state index in [1.807, 2.05) is 30.3 Å². The lowest BCUT2D eigenvalue weighted by atomic mass is 10.0. The first-order chi connectivity index (χ1) is 8.63. The summed E-state index contributed by atoms with van der Waals surface area (Å²) in [6, 6.07) is 11.9. The van der Waals surface area contributed by atoms with Crippen molar-refractivity contribution in [2.45, 2.75) is 6.92 Å². The van der Waals surface area contributed by atoms with E-state index in [4.69, 9.17) is 4.74 Å². The Balaban J connectivity index is 2.61. The van der Waals surface area contributed by atoms with Crippen molar-refractivity contribution in [3.8, 4) is 16.9 Å². The molecule has 2 aromatic rings. The summed E-state index contributed by atoms with van der Waals surface area (Å²) >= 11 is 0. The summed E-state index contributed by atoms with van der Waals surface area (Å²) in [4.78, 5) is 11.4. The van der Waals surface area contributed by atoms with E-state index in [9.17, 15) is 9.18 Å². The highest BCUT2D eigenvalue weighted by Gasteiger charge is 2.14. The van der Waals surface area contributed by atoms with Gasteiger partial charge in [-0.15, -0.1) is 0 Å². The second-order valence-electron chi connectivity index (χ2n) is 3.95. The van der Waals surface area contributed by atoms with Gasteiger partial charge in [0.2, 0.25) is 0 Å². The molecule has 92 valence electrons. The first-order valence-electron chi connectivity index (χ1n) is 5.57. The standard InChI is InChI=1S/C15H13FO2/c1-10(17)12-8-14(16)13(9-15(12)18-2)11-6-4-3-5-7-11/h3-9H,1-2H3. The summed E-state index contributed by atoms with van der Waals surface area (Å²) in [6.45, 7) is 1.39. The quantitative estimate of drug-likeness (QED) is 0.769. The fourth-order valence-electron chi connectivity index (χ4n) is 1.84. The van der Waals surface area contributed by atoms with Crippen LogP contribution in [0.25, 0.3) is 11.1 Å². The molecule has 0 saturated carbocycles. The summed E-state index contributed by atoms with van der Waals surface area (Å²) in [7, 11) is 1.47. The number of carbonyl (C=O) groups is 1. The van der Waals surface area contributed by atoms with Gasteiger partial charge in [0.1, 0.15) is 11.6 Å². The predicted molar refractivity (Wildman–Crippen MR) is 68.4 cm³/mol. The highest BCUT2D eigenvalue weighted by Crippen LogP contribution is 2.30. The summed E-state index contributed by atoms with van der Waals surface area (Å²) in [5.74, 6) is -0.250. The van der Waals surface area contributed by atoms with Crippen LogP contribution in [-0.4, -0.2) is 12.9 Å². The third-order valence-corrected chi connectivity index (χ3v) is 2.75. The van der Waals surface area contributed by atoms with Crippen LogP contribution in [0.2, 0.25) is 0 Å². The molecule has 2 nitrogen and oxygen atoms in total. The third-order valence-electron chi connectivity index (χ3n) is 2.75. The summed E-state index contributed by atoms with van der Waals surface area (Å²) < 4.78 is 19.1. The molecule has 0 radical (unpaired) electrons. The Morgan fingerprint density at radius 3 is 2.39 bits per heavy atom. The van der Waals surface area contributed by atoms with E-state index in [0.717, 1.165) is 5.56 Å². The largest absolute Gasteiger partial charge is 0.496 e. The maximum absolute atomic E-state index is 14.0. The van der Waals surface area contributed by atoms with Crippen LogP contribution in [0.1, 0.15) is 17.3 Å². The van der Waals surface area contributed by atoms with Crippen LogP contribution in [0, 0.1) is 5.82 Å². The van der Waals surface area contributed by atoms with Gasteiger partial charge in [-0.1, -0.05) is 30.3 Å². The van der Waals surface area contributed by atoms with Crippen molar-refractivity contribution in [2.24, 2.45) is 0 Å². The van der Waals surface area contributed by atoms with Crippen LogP contribution >= 0.6 is 0 Å². The maximum atomic E-state index is 14.0. The Morgan fingerprint density at radius 2 is 1.83 bits per heavy atom. The van der Waals surface area contributed by atoms with Gasteiger partial charge in [-0.2, -0.15) is 0 Å². The number of halogens is 1. The van der Waals surface area contributed by atoms with Crippen LogP contribution in [0.4, 0.5) is 4.39 Å². The topological polar surface area (TPSA) is 26.3 Å². The molecule has 0 saturated heterocycles. The number of Topliss-reactive ketones (excluding diaryl/α,β-unsaturated/α-hetero) is 1. The normalized spacial score (nSPS) is 10.2. The molecule has 2 aromatic carbocycles. The summed E-state index contributed by atoms with van der Waals surface area (Å²) in [5, 5.41) is 0. The molecule has 2 rings (SSSR count). The number of rotatable bonds is 3. The van der Waals surface area contributed by atoms with Crippen molar-refractivity contribution in [2.75, 3.05) is 7.11 Å². The lowest BCUT2D eigenvalue weighted by Gasteiger charge is -2.10. The first kappa shape index (κ1) is 12.3. The Kier molecular flexibility index (Phi) is 3.42. The average molecular weight is 244 g/mol. The van der Waals surface area contributed by atoms with Crippen molar-refractivity contribution in [3.05, 3.63) is 53.8 Å². The van der Waals surface area contributed by atoms with Gasteiger partial charge in [-0.3, -0.25) is 4.79 Å². The number of hydrogen-bond acceptors (Lipinski definition) is 2. The SMILES string of the molecule is COc1cc(-c2ccccc2)c(F)cc1C(C)=O. The number of benzene rings is 2. The predicted octanol–water partition coefficient (Wildman–Crippen LogP) is 3.70. The number of carbonyl (C=O) groups excluding carboxylic acids is 1. The van der Waals surface area contributed by atoms with Gasteiger partial charge in [0, 0.05) is 5.56 Å². The molecule has 0 N–H and O–H groups in total. The summed E-state index contributed by atoms with van der Waals surface area (Å²) in [6.07, 6.45) is 0. The minimum absolute atomic E-state index is 0.217. The zero-order valence-electron chi connectivity index (χ0n) is 10.2. The van der Waals surface area contributed by atoms with Crippen LogP contribution in [0.15, 0.2) is 42.5 Å². The van der Waals surface area contributed by atoms with Crippen LogP contribution < -0.4 is 4.74 Å². The molecule has 18 heavy (non-hydrogen) atoms. The van der Waals surface area contributed by atoms with Crippen molar-refractivity contribution < 1.29 is 13.9 Å². The third kappa shape index (κ3) is 2.25. The maximum Gasteiger partial charge on any atom is 0.163 e. The van der Waals surface area contributed by atoms with E-state index >= 15 is 0 Å². The lowest BCUT2D eigenvalue weighted by molar-refractivity contribution is 0.101. The van der Waals surface area contributed by atoms with Crippen molar-refractivity contribution in [1.29, 1.82) is 0 Å². The molecule has 0 heterocycles. The Labute approximate surface area is 105 Å². The Morgan fingerprint density at radius 1 is 1.17 bits per heavy atom. The molecule has 0 fully saturated rings. The molecule has 0 bridgehead atoms. The summed E-state index contributed by atoms with van der Waals surface area (Å²) in [5.41, 5.74) is 1.44. The molecule has 0 amide bonds. The second kappa shape index (κ2) is 5.00. The van der Waals surface area contributed by atoms with Gasteiger partial charge < -0.3 is 4.74 Å². The number of ether oxygens (including phenoxy) is 1. The second-order valence-corrected chi connectivity index (χ2v) is 3.95. The highest BCUT2D eigenvalue weighted by atomic mass is 19.1. The van der Waals surface area contributed by atoms with Gasteiger partial charge >= 0.3 is 0 Å². The van der Waals surface area contributed by atoms with Gasteiger partial charge in [-0.05, 0) is 24.6 Å². The minimum atomic E-state index is -0.424. The van der Waals surface area contributed by atoms with E-state index in [1.165, 1.54) is 20.1 Å². The molecular formula is C15H13FO2. The highest BCUT2D eigenvalue weighted by molar-refractivity contribution is 5.97. The van der Waals surface area contributed by atoms with Gasteiger partial charge in [0.15, 0.2) is 5.78 Å². The molecule has 3 heteroatoms. The monoisotopic (exact) mass is 244 g/mol. The van der Waals surface area contributed by atoms with Crippen LogP contribution in [-0.2, 0) is 0 Å². The Bertz CT molecular complexity index is 577. The molecule has 0 spiro atoms. The van der Waals surface area contributed by atoms with E-state index < -0.39 is 5.82 Å². The van der Waals surface area contributed by atoms with Crippen molar-refractivity contribution in [3.63, 3.8) is 0 Å². The zero-order valence-corrected chi connectivity index (χ0v) is 10.2. The lowest BCUT2D eigenvalue weighted by Crippen LogP contribution is -2.00. The smallest absolute Gasteiger partial charge is 0.163 e. The fraction of sp³-hybridized carbons (Fsp3) is 0.133. The molecule has 0 unspecified atom stereocenters. The van der Waals surface area contributed by atoms with Gasteiger partial charge in [-0.25, -0.2) is 4.39 Å². The van der Waals surface area contributed by atoms with Crippen molar-refractivity contribution in [1.82, 2.24) is 0 Å². The van der Waals surface area contributed by atoms with Crippen LogP contribution in [0.5, 0.6) is 5.75 Å². The van der Waals surface area contributed by atoms with E-state index in [1.54, 1.807) is 6.07 Å². The molecule has 0 atom stereocenters. The van der Waals surface area contributed by atoms with E-state index in [0.29, 0.717) is 11.3 Å². The van der Waals surface area contributed by atoms with Gasteiger partial charge in [0.25, 0.3) is 0 Å². The molecule has 0 aromatic heterocycles. The van der Waals surface area contributed by atoms with E-state index in [-0.39, 0.29) is 11.3 Å². The first-order valence-corrected chi connectivity index (χ1v) is 5.57. The molecule has 0 aliphatic carbocycles. The molecular weight excluding hydrogens is 231 g/mol. The fourth-order valence-corrected chi connectivity index (χ4v) is 1.84. The minimum Gasteiger partial charge on any atom is -0.496 e. The molecule has 0 aliphatic rings. The van der Waals surface area contributed by atoms with Crippen molar-refractivity contribution >= 4 is 5.78 Å². The number of ketones is 1. The number of hydrogen-bond donors (Lipinski definition) is 0. The van der Waals surface area contributed by atoms with Crippen LogP contribution in [0.3, 0.4) is 0 Å². The van der Waals surface area contributed by atoms with Gasteiger partial charge in [0.05, 0.1) is 12.7 Å². The average Bonchev–Trinajstić information content (AvgIpc) is 2.39. The molecule has 0 aliphatic heterocycles. The zero-order chi connectivity index (χ0) is 13.1. The van der Waals surface area contributed by atoms with E-state index in [2.05, 4.69) is 0 Å².